The average Bonchev–Trinajstić information content (AvgIpc) is 3.07. The van der Waals surface area contributed by atoms with Gasteiger partial charge in [0, 0.05) is 29.7 Å². The molecule has 0 saturated carbocycles. The van der Waals surface area contributed by atoms with E-state index in [9.17, 15) is 9.18 Å². The number of benzene rings is 1. The molecule has 1 aromatic carbocycles. The number of anilines is 1. The molecule has 1 aromatic heterocycles. The van der Waals surface area contributed by atoms with Crippen molar-refractivity contribution in [2.45, 2.75) is 57.7 Å². The van der Waals surface area contributed by atoms with Crippen molar-refractivity contribution in [2.24, 2.45) is 0 Å². The molecule has 0 radical (unpaired) electrons. The van der Waals surface area contributed by atoms with E-state index in [-0.39, 0.29) is 16.6 Å². The van der Waals surface area contributed by atoms with E-state index in [4.69, 9.17) is 0 Å². The number of rotatable bonds is 4. The Morgan fingerprint density at radius 3 is 2.46 bits per heavy atom. The molecular formula is C20H27FN4O2S. The Kier molecular flexibility index (Phi) is 5.46. The van der Waals surface area contributed by atoms with Gasteiger partial charge in [0.05, 0.1) is 12.7 Å². The second kappa shape index (κ2) is 7.40. The molecule has 0 spiro atoms. The Balaban J connectivity index is 1.83. The highest BCUT2D eigenvalue weighted by atomic mass is 32.1. The molecule has 0 atom stereocenters. The van der Waals surface area contributed by atoms with Gasteiger partial charge in [-0.25, -0.2) is 9.18 Å². The quantitative estimate of drug-likeness (QED) is 0.778. The Labute approximate surface area is 169 Å². The summed E-state index contributed by atoms with van der Waals surface area (Å²) < 4.78 is 19.1. The van der Waals surface area contributed by atoms with Crippen LogP contribution in [-0.2, 0) is 4.74 Å². The highest BCUT2D eigenvalue weighted by Crippen LogP contribution is 2.36. The van der Waals surface area contributed by atoms with Crippen LogP contribution < -0.4 is 10.2 Å². The number of nitrogens with one attached hydrogen (secondary N) is 1. The van der Waals surface area contributed by atoms with Crippen LogP contribution in [0.5, 0.6) is 0 Å². The van der Waals surface area contributed by atoms with Crippen LogP contribution in [-0.4, -0.2) is 47.4 Å². The number of carbonyl (C=O) groups excluding carboxylic acids is 1. The van der Waals surface area contributed by atoms with Crippen molar-refractivity contribution in [3.8, 4) is 10.6 Å². The van der Waals surface area contributed by atoms with E-state index < -0.39 is 11.8 Å². The third kappa shape index (κ3) is 4.33. The second-order valence-corrected chi connectivity index (χ2v) is 9.60. The van der Waals surface area contributed by atoms with E-state index >= 15 is 0 Å². The van der Waals surface area contributed by atoms with Gasteiger partial charge in [0.25, 0.3) is 0 Å². The summed E-state index contributed by atoms with van der Waals surface area (Å²) in [6, 6.07) is 4.55. The highest BCUT2D eigenvalue weighted by molar-refractivity contribution is 7.18. The summed E-state index contributed by atoms with van der Waals surface area (Å²) in [5, 5.41) is 13.4. The number of methoxy groups -OCH3 is 1. The molecule has 6 nitrogen and oxygen atoms in total. The molecule has 152 valence electrons. The monoisotopic (exact) mass is 406 g/mol. The third-order valence-electron chi connectivity index (χ3n) is 5.05. The summed E-state index contributed by atoms with van der Waals surface area (Å²) in [7, 11) is 3.29. The lowest BCUT2D eigenvalue weighted by molar-refractivity contribution is 0.0600. The van der Waals surface area contributed by atoms with Crippen molar-refractivity contribution in [3.05, 3.63) is 29.6 Å². The molecule has 1 saturated heterocycles. The van der Waals surface area contributed by atoms with Crippen molar-refractivity contribution in [1.29, 1.82) is 0 Å². The molecular weight excluding hydrogens is 379 g/mol. The summed E-state index contributed by atoms with van der Waals surface area (Å²) in [4.78, 5) is 13.7. The van der Waals surface area contributed by atoms with Gasteiger partial charge < -0.3 is 15.0 Å². The van der Waals surface area contributed by atoms with Crippen LogP contribution in [0.2, 0.25) is 0 Å². The molecule has 1 N–H and O–H groups in total. The predicted octanol–water partition coefficient (Wildman–Crippen LogP) is 3.88. The molecule has 0 amide bonds. The van der Waals surface area contributed by atoms with Crippen molar-refractivity contribution in [1.82, 2.24) is 15.5 Å². The fraction of sp³-hybridized carbons (Fsp3) is 0.550. The number of esters is 1. The topological polar surface area (TPSA) is 67.3 Å². The number of hydrogen-bond acceptors (Lipinski definition) is 7. The first-order valence-electron chi connectivity index (χ1n) is 9.25. The van der Waals surface area contributed by atoms with Crippen LogP contribution in [0.3, 0.4) is 0 Å². The van der Waals surface area contributed by atoms with E-state index in [1.807, 2.05) is 7.05 Å². The minimum Gasteiger partial charge on any atom is -0.465 e. The van der Waals surface area contributed by atoms with Crippen molar-refractivity contribution < 1.29 is 13.9 Å². The third-order valence-corrected chi connectivity index (χ3v) is 6.10. The lowest BCUT2D eigenvalue weighted by Crippen LogP contribution is -2.61. The van der Waals surface area contributed by atoms with Crippen molar-refractivity contribution >= 4 is 22.4 Å². The summed E-state index contributed by atoms with van der Waals surface area (Å²) in [5.41, 5.74) is 0.536. The molecule has 3 rings (SSSR count). The molecule has 0 unspecified atom stereocenters. The first-order valence-corrected chi connectivity index (χ1v) is 10.1. The van der Waals surface area contributed by atoms with Crippen LogP contribution in [0.4, 0.5) is 9.52 Å². The molecule has 1 aliphatic heterocycles. The SMILES string of the molecule is COC(=O)c1ccc(-c2nnc(N(C)C3CC(C)(C)NC(C)(C)C3)s2)c(F)c1. The Morgan fingerprint density at radius 2 is 1.89 bits per heavy atom. The maximum absolute atomic E-state index is 14.5. The molecule has 0 aliphatic carbocycles. The molecule has 8 heteroatoms. The van der Waals surface area contributed by atoms with Crippen LogP contribution in [0.15, 0.2) is 18.2 Å². The molecule has 1 fully saturated rings. The zero-order chi connectivity index (χ0) is 20.7. The van der Waals surface area contributed by atoms with E-state index in [1.165, 1.54) is 30.6 Å². The number of piperidine rings is 1. The first kappa shape index (κ1) is 20.7. The van der Waals surface area contributed by atoms with Gasteiger partial charge in [-0.2, -0.15) is 0 Å². The number of carbonyl (C=O) groups is 1. The molecule has 2 aromatic rings. The lowest BCUT2D eigenvalue weighted by atomic mass is 9.79. The number of aromatic nitrogens is 2. The largest absolute Gasteiger partial charge is 0.465 e. The van der Waals surface area contributed by atoms with Gasteiger partial charge in [0.1, 0.15) is 5.82 Å². The van der Waals surface area contributed by atoms with Crippen molar-refractivity contribution in [3.63, 3.8) is 0 Å². The van der Waals surface area contributed by atoms with Gasteiger partial charge >= 0.3 is 5.97 Å². The number of ether oxygens (including phenoxy) is 1. The minimum absolute atomic E-state index is 0.0179. The Hall–Kier alpha value is -2.06. The molecule has 28 heavy (non-hydrogen) atoms. The smallest absolute Gasteiger partial charge is 0.337 e. The van der Waals surface area contributed by atoms with Gasteiger partial charge in [-0.15, -0.1) is 10.2 Å². The normalized spacial score (nSPS) is 18.7. The van der Waals surface area contributed by atoms with Crippen LogP contribution in [0.25, 0.3) is 10.6 Å². The minimum atomic E-state index is -0.570. The summed E-state index contributed by atoms with van der Waals surface area (Å²) in [5.74, 6) is -1.09. The van der Waals surface area contributed by atoms with E-state index in [2.05, 4.69) is 52.8 Å². The average molecular weight is 407 g/mol. The predicted molar refractivity (Wildman–Crippen MR) is 109 cm³/mol. The number of hydrogen-bond donors (Lipinski definition) is 1. The van der Waals surface area contributed by atoms with Crippen LogP contribution in [0.1, 0.15) is 50.9 Å². The molecule has 1 aliphatic rings. The van der Waals surface area contributed by atoms with E-state index in [0.29, 0.717) is 16.6 Å². The lowest BCUT2D eigenvalue weighted by Gasteiger charge is -2.48. The molecule has 2 heterocycles. The van der Waals surface area contributed by atoms with Crippen LogP contribution >= 0.6 is 11.3 Å². The number of halogens is 1. The second-order valence-electron chi connectivity index (χ2n) is 8.64. The Bertz CT molecular complexity index is 865. The van der Waals surface area contributed by atoms with Gasteiger partial charge in [0.15, 0.2) is 5.01 Å². The summed E-state index contributed by atoms with van der Waals surface area (Å²) >= 11 is 1.35. The first-order chi connectivity index (χ1) is 13.0. The van der Waals surface area contributed by atoms with E-state index in [0.717, 1.165) is 18.0 Å². The van der Waals surface area contributed by atoms with Gasteiger partial charge in [-0.1, -0.05) is 11.3 Å². The zero-order valence-electron chi connectivity index (χ0n) is 17.2. The highest BCUT2D eigenvalue weighted by Gasteiger charge is 2.39. The fourth-order valence-electron chi connectivity index (χ4n) is 4.10. The van der Waals surface area contributed by atoms with Gasteiger partial charge in [0.2, 0.25) is 5.13 Å². The number of nitrogens with zero attached hydrogens (tertiary/aromatic N) is 3. The van der Waals surface area contributed by atoms with Crippen LogP contribution in [0, 0.1) is 5.82 Å². The van der Waals surface area contributed by atoms with E-state index in [1.54, 1.807) is 6.07 Å². The zero-order valence-corrected chi connectivity index (χ0v) is 18.0. The summed E-state index contributed by atoms with van der Waals surface area (Å²) in [6.07, 6.45) is 1.95. The maximum Gasteiger partial charge on any atom is 0.337 e. The van der Waals surface area contributed by atoms with Gasteiger partial charge in [-0.05, 0) is 58.7 Å². The Morgan fingerprint density at radius 1 is 1.25 bits per heavy atom. The maximum atomic E-state index is 14.5. The summed E-state index contributed by atoms with van der Waals surface area (Å²) in [6.45, 7) is 8.83. The van der Waals surface area contributed by atoms with Crippen molar-refractivity contribution in [2.75, 3.05) is 19.1 Å². The molecule has 0 bridgehead atoms. The van der Waals surface area contributed by atoms with Gasteiger partial charge in [-0.3, -0.25) is 0 Å². The standard InChI is InChI=1S/C20H27FN4O2S/c1-19(2)10-13(11-20(3,4)24-19)25(5)18-23-22-16(28-18)14-8-7-12(9-15(14)21)17(26)27-6/h7-9,13,24H,10-11H2,1-6H3. The fourth-order valence-corrected chi connectivity index (χ4v) is 5.00.